The molecule has 2 aromatic heterocycles. The fourth-order valence-corrected chi connectivity index (χ4v) is 4.05. The molecule has 0 saturated heterocycles. The summed E-state index contributed by atoms with van der Waals surface area (Å²) in [6, 6.07) is 6.73. The van der Waals surface area contributed by atoms with E-state index < -0.39 is 18.4 Å². The summed E-state index contributed by atoms with van der Waals surface area (Å²) in [5.41, 5.74) is 1.57. The van der Waals surface area contributed by atoms with Gasteiger partial charge in [-0.25, -0.2) is 9.48 Å². The number of aromatic amines is 1. The molecular formula is C25H29N3O5. The van der Waals surface area contributed by atoms with E-state index in [2.05, 4.69) is 17.0 Å². The van der Waals surface area contributed by atoms with Crippen LogP contribution >= 0.6 is 0 Å². The second-order valence-electron chi connectivity index (χ2n) is 8.16. The number of rotatable bonds is 10. The number of nitrogens with zero attached hydrogens (tertiary/aromatic N) is 2. The van der Waals surface area contributed by atoms with Crippen LogP contribution in [0.1, 0.15) is 82.1 Å². The first kappa shape index (κ1) is 24.1. The van der Waals surface area contributed by atoms with E-state index in [0.717, 1.165) is 25.7 Å². The summed E-state index contributed by atoms with van der Waals surface area (Å²) < 4.78 is 6.58. The second kappa shape index (κ2) is 10.4. The molecule has 1 aromatic carbocycles. The minimum atomic E-state index is -0.783. The third-order valence-corrected chi connectivity index (χ3v) is 5.69. The summed E-state index contributed by atoms with van der Waals surface area (Å²) in [7, 11) is 0. The fourth-order valence-electron chi connectivity index (χ4n) is 4.05. The lowest BCUT2D eigenvalue weighted by Crippen LogP contribution is -2.27. The van der Waals surface area contributed by atoms with Gasteiger partial charge in [-0.2, -0.15) is 5.10 Å². The van der Waals surface area contributed by atoms with Crippen LogP contribution in [0.25, 0.3) is 10.8 Å². The van der Waals surface area contributed by atoms with E-state index in [0.29, 0.717) is 34.1 Å². The molecule has 0 atom stereocenters. The number of ketones is 2. The standard InChI is InChI=1S/C25H29N3O5/c1-5-6-7-10-13-28-24(31)19-12-9-8-11-18(19)23(27-28)25(32)33-14-20(30)22-15(2)21(17(4)29)16(3)26-22/h8-9,11-12,26H,5-7,10,13-14H2,1-4H3. The number of fused-ring (bicyclic) bond motifs is 1. The van der Waals surface area contributed by atoms with E-state index in [1.54, 1.807) is 38.1 Å². The van der Waals surface area contributed by atoms with E-state index in [1.165, 1.54) is 11.6 Å². The van der Waals surface area contributed by atoms with Crippen molar-refractivity contribution in [2.45, 2.75) is 59.9 Å². The van der Waals surface area contributed by atoms with Gasteiger partial charge in [-0.05, 0) is 38.8 Å². The van der Waals surface area contributed by atoms with E-state index in [1.807, 2.05) is 0 Å². The first-order valence-electron chi connectivity index (χ1n) is 11.2. The number of aromatic nitrogens is 3. The van der Waals surface area contributed by atoms with Crippen LogP contribution in [-0.2, 0) is 11.3 Å². The van der Waals surface area contributed by atoms with Crippen molar-refractivity contribution in [3.63, 3.8) is 0 Å². The highest BCUT2D eigenvalue weighted by atomic mass is 16.5. The van der Waals surface area contributed by atoms with Crippen LogP contribution in [-0.4, -0.2) is 38.9 Å². The maximum Gasteiger partial charge on any atom is 0.359 e. The summed E-state index contributed by atoms with van der Waals surface area (Å²) in [6.45, 7) is 6.82. The first-order valence-corrected chi connectivity index (χ1v) is 11.2. The van der Waals surface area contributed by atoms with Crippen LogP contribution < -0.4 is 5.56 Å². The van der Waals surface area contributed by atoms with Gasteiger partial charge < -0.3 is 9.72 Å². The molecule has 0 radical (unpaired) electrons. The van der Waals surface area contributed by atoms with Crippen molar-refractivity contribution in [3.05, 3.63) is 62.8 Å². The normalized spacial score (nSPS) is 11.0. The van der Waals surface area contributed by atoms with Crippen molar-refractivity contribution in [1.82, 2.24) is 14.8 Å². The van der Waals surface area contributed by atoms with Crippen LogP contribution in [0.2, 0.25) is 0 Å². The minimum Gasteiger partial charge on any atom is -0.452 e. The number of ether oxygens (including phenoxy) is 1. The Kier molecular flexibility index (Phi) is 7.58. The predicted octanol–water partition coefficient (Wildman–Crippen LogP) is 4.16. The van der Waals surface area contributed by atoms with Gasteiger partial charge in [0, 0.05) is 23.2 Å². The Bertz CT molecular complexity index is 1270. The molecule has 0 bridgehead atoms. The first-order chi connectivity index (χ1) is 15.8. The largest absolute Gasteiger partial charge is 0.452 e. The van der Waals surface area contributed by atoms with E-state index in [9.17, 15) is 19.2 Å². The summed E-state index contributed by atoms with van der Waals surface area (Å²) in [6.07, 6.45) is 3.86. The van der Waals surface area contributed by atoms with Gasteiger partial charge in [0.05, 0.1) is 11.1 Å². The molecule has 0 aliphatic rings. The number of H-pyrrole nitrogens is 1. The number of benzene rings is 1. The highest BCUT2D eigenvalue weighted by Gasteiger charge is 2.23. The van der Waals surface area contributed by atoms with Crippen molar-refractivity contribution >= 4 is 28.3 Å². The molecule has 0 aliphatic carbocycles. The number of unbranched alkanes of at least 4 members (excludes halogenated alkanes) is 3. The number of aryl methyl sites for hydroxylation is 2. The Morgan fingerprint density at radius 1 is 1.06 bits per heavy atom. The second-order valence-corrected chi connectivity index (χ2v) is 8.16. The minimum absolute atomic E-state index is 0.00250. The van der Waals surface area contributed by atoms with Crippen LogP contribution in [0.4, 0.5) is 0 Å². The molecule has 2 heterocycles. The zero-order valence-electron chi connectivity index (χ0n) is 19.5. The van der Waals surface area contributed by atoms with Crippen molar-refractivity contribution in [2.24, 2.45) is 0 Å². The fraction of sp³-hybridized carbons (Fsp3) is 0.400. The molecule has 3 rings (SSSR count). The molecule has 0 unspecified atom stereocenters. The Morgan fingerprint density at radius 3 is 2.39 bits per heavy atom. The lowest BCUT2D eigenvalue weighted by molar-refractivity contribution is 0.0467. The predicted molar refractivity (Wildman–Crippen MR) is 125 cm³/mol. The third kappa shape index (κ3) is 5.10. The zero-order chi connectivity index (χ0) is 24.1. The zero-order valence-corrected chi connectivity index (χ0v) is 19.5. The van der Waals surface area contributed by atoms with E-state index >= 15 is 0 Å². The molecule has 33 heavy (non-hydrogen) atoms. The van der Waals surface area contributed by atoms with Gasteiger partial charge in [-0.3, -0.25) is 14.4 Å². The molecule has 174 valence electrons. The van der Waals surface area contributed by atoms with Crippen LogP contribution in [0.5, 0.6) is 0 Å². The summed E-state index contributed by atoms with van der Waals surface area (Å²) in [5, 5.41) is 5.04. The van der Waals surface area contributed by atoms with Crippen LogP contribution in [0.15, 0.2) is 29.1 Å². The monoisotopic (exact) mass is 451 g/mol. The van der Waals surface area contributed by atoms with Gasteiger partial charge in [0.2, 0.25) is 5.78 Å². The van der Waals surface area contributed by atoms with Gasteiger partial charge in [-0.1, -0.05) is 44.4 Å². The topological polar surface area (TPSA) is 111 Å². The number of Topliss-reactive ketones (excluding diaryl/α,β-unsaturated/α-hetero) is 2. The molecule has 0 saturated carbocycles. The van der Waals surface area contributed by atoms with Crippen molar-refractivity contribution in [3.8, 4) is 0 Å². The van der Waals surface area contributed by atoms with Crippen molar-refractivity contribution in [1.29, 1.82) is 0 Å². The number of hydrogen-bond donors (Lipinski definition) is 1. The Hall–Kier alpha value is -3.55. The smallest absolute Gasteiger partial charge is 0.359 e. The van der Waals surface area contributed by atoms with Crippen LogP contribution in [0, 0.1) is 13.8 Å². The number of esters is 1. The molecule has 0 aliphatic heterocycles. The van der Waals surface area contributed by atoms with E-state index in [4.69, 9.17) is 4.74 Å². The molecule has 8 heteroatoms. The number of hydrogen-bond acceptors (Lipinski definition) is 6. The molecular weight excluding hydrogens is 422 g/mol. The quantitative estimate of drug-likeness (QED) is 0.281. The molecule has 0 spiro atoms. The molecule has 0 amide bonds. The van der Waals surface area contributed by atoms with Gasteiger partial charge in [0.15, 0.2) is 18.1 Å². The summed E-state index contributed by atoms with van der Waals surface area (Å²) >= 11 is 0. The average molecular weight is 452 g/mol. The SMILES string of the molecule is CCCCCCn1nc(C(=O)OCC(=O)c2[nH]c(C)c(C(C)=O)c2C)c2ccccc2c1=O. The highest BCUT2D eigenvalue weighted by molar-refractivity contribution is 6.06. The Morgan fingerprint density at radius 2 is 1.76 bits per heavy atom. The van der Waals surface area contributed by atoms with Crippen LogP contribution in [0.3, 0.4) is 0 Å². The Balaban J connectivity index is 1.84. The lowest BCUT2D eigenvalue weighted by Gasteiger charge is -2.11. The molecule has 0 fully saturated rings. The average Bonchev–Trinajstić information content (AvgIpc) is 3.10. The summed E-state index contributed by atoms with van der Waals surface area (Å²) in [4.78, 5) is 53.1. The van der Waals surface area contributed by atoms with Crippen molar-refractivity contribution in [2.75, 3.05) is 6.61 Å². The third-order valence-electron chi connectivity index (χ3n) is 5.69. The number of carbonyl (C=O) groups is 3. The summed E-state index contributed by atoms with van der Waals surface area (Å²) in [5.74, 6) is -1.38. The van der Waals surface area contributed by atoms with Gasteiger partial charge in [0.25, 0.3) is 5.56 Å². The van der Waals surface area contributed by atoms with Gasteiger partial charge >= 0.3 is 5.97 Å². The van der Waals surface area contributed by atoms with Crippen molar-refractivity contribution < 1.29 is 19.1 Å². The highest BCUT2D eigenvalue weighted by Crippen LogP contribution is 2.20. The molecule has 3 aromatic rings. The maximum atomic E-state index is 12.9. The number of nitrogens with one attached hydrogen (secondary N) is 1. The lowest BCUT2D eigenvalue weighted by atomic mass is 10.1. The van der Waals surface area contributed by atoms with Gasteiger partial charge in [-0.15, -0.1) is 0 Å². The Labute approximate surface area is 192 Å². The molecule has 8 nitrogen and oxygen atoms in total. The number of carbonyl (C=O) groups excluding carboxylic acids is 3. The van der Waals surface area contributed by atoms with Gasteiger partial charge in [0.1, 0.15) is 0 Å². The van der Waals surface area contributed by atoms with E-state index in [-0.39, 0.29) is 22.7 Å². The molecule has 1 N–H and O–H groups in total. The maximum absolute atomic E-state index is 12.9.